The number of fused-ring (bicyclic) bond motifs is 1. The molecule has 2 aromatic carbocycles. The summed E-state index contributed by atoms with van der Waals surface area (Å²) in [5.74, 6) is 1.38. The summed E-state index contributed by atoms with van der Waals surface area (Å²) in [6, 6.07) is 13.1. The van der Waals surface area contributed by atoms with E-state index in [1.165, 1.54) is 38.5 Å². The molecule has 0 radical (unpaired) electrons. The van der Waals surface area contributed by atoms with Crippen LogP contribution in [-0.4, -0.2) is 23.9 Å². The number of carbonyl (C=O) groups excluding carboxylic acids is 2. The molecule has 0 aliphatic heterocycles. The van der Waals surface area contributed by atoms with Crippen LogP contribution in [0.2, 0.25) is 0 Å². The van der Waals surface area contributed by atoms with Crippen molar-refractivity contribution >= 4 is 22.6 Å². The Labute approximate surface area is 192 Å². The Morgan fingerprint density at radius 3 is 1.50 bits per heavy atom. The van der Waals surface area contributed by atoms with Gasteiger partial charge in [0.25, 0.3) is 0 Å². The zero-order valence-electron chi connectivity index (χ0n) is 19.7. The minimum Gasteiger partial charge on any atom is -0.353 e. The van der Waals surface area contributed by atoms with Gasteiger partial charge >= 0.3 is 0 Å². The number of rotatable bonds is 6. The van der Waals surface area contributed by atoms with Gasteiger partial charge < -0.3 is 10.6 Å². The molecule has 0 saturated heterocycles. The minimum atomic E-state index is 0.119. The first-order valence-corrected chi connectivity index (χ1v) is 12.6. The molecule has 2 amide bonds. The van der Waals surface area contributed by atoms with Crippen LogP contribution in [0.1, 0.15) is 76.3 Å². The molecule has 4 nitrogen and oxygen atoms in total. The van der Waals surface area contributed by atoms with Gasteiger partial charge in [-0.15, -0.1) is 0 Å². The lowest BCUT2D eigenvalue weighted by Crippen LogP contribution is -2.41. The van der Waals surface area contributed by atoms with E-state index in [1.807, 2.05) is 12.1 Å². The summed E-state index contributed by atoms with van der Waals surface area (Å²) >= 11 is 0. The molecule has 0 heterocycles. The van der Waals surface area contributed by atoms with E-state index in [-0.39, 0.29) is 11.8 Å². The van der Waals surface area contributed by atoms with Crippen LogP contribution in [0.15, 0.2) is 36.4 Å². The molecule has 32 heavy (non-hydrogen) atoms. The van der Waals surface area contributed by atoms with Gasteiger partial charge in [0.15, 0.2) is 0 Å². The Balaban J connectivity index is 1.34. The smallest absolute Gasteiger partial charge is 0.224 e. The summed E-state index contributed by atoms with van der Waals surface area (Å²) in [5.41, 5.74) is 2.07. The maximum absolute atomic E-state index is 12.6. The van der Waals surface area contributed by atoms with Crippen molar-refractivity contribution in [2.75, 3.05) is 0 Å². The first-order chi connectivity index (χ1) is 15.5. The average molecular weight is 435 g/mol. The van der Waals surface area contributed by atoms with Crippen LogP contribution in [0, 0.1) is 11.8 Å². The molecule has 2 aliphatic rings. The first kappa shape index (κ1) is 22.8. The molecule has 2 N–H and O–H groups in total. The maximum atomic E-state index is 12.6. The Bertz CT molecular complexity index is 876. The third-order valence-corrected chi connectivity index (χ3v) is 7.61. The van der Waals surface area contributed by atoms with Gasteiger partial charge in [-0.25, -0.2) is 0 Å². The largest absolute Gasteiger partial charge is 0.353 e. The van der Waals surface area contributed by atoms with E-state index in [4.69, 9.17) is 0 Å². The van der Waals surface area contributed by atoms with Crippen molar-refractivity contribution in [2.24, 2.45) is 11.8 Å². The summed E-state index contributed by atoms with van der Waals surface area (Å²) in [7, 11) is 0. The van der Waals surface area contributed by atoms with E-state index in [9.17, 15) is 9.59 Å². The predicted molar refractivity (Wildman–Crippen MR) is 130 cm³/mol. The second-order valence-electron chi connectivity index (χ2n) is 10.2. The SMILES string of the molecule is CC1CCCCC1NC(=O)Cc1ccc2cc(CC(=O)NC3CCCCC3C)ccc2c1. The lowest BCUT2D eigenvalue weighted by Gasteiger charge is -2.29. The monoisotopic (exact) mass is 434 g/mol. The van der Waals surface area contributed by atoms with Gasteiger partial charge in [-0.2, -0.15) is 0 Å². The topological polar surface area (TPSA) is 58.2 Å². The van der Waals surface area contributed by atoms with Crippen LogP contribution in [0.4, 0.5) is 0 Å². The van der Waals surface area contributed by atoms with E-state index >= 15 is 0 Å². The number of benzene rings is 2. The molecular weight excluding hydrogens is 396 g/mol. The highest BCUT2D eigenvalue weighted by atomic mass is 16.2. The molecule has 2 fully saturated rings. The minimum absolute atomic E-state index is 0.119. The highest BCUT2D eigenvalue weighted by molar-refractivity contribution is 5.87. The van der Waals surface area contributed by atoms with Crippen molar-refractivity contribution in [3.8, 4) is 0 Å². The van der Waals surface area contributed by atoms with Crippen LogP contribution >= 0.6 is 0 Å². The summed E-state index contributed by atoms with van der Waals surface area (Å²) < 4.78 is 0. The molecule has 4 heteroatoms. The second-order valence-corrected chi connectivity index (χ2v) is 10.2. The maximum Gasteiger partial charge on any atom is 0.224 e. The third-order valence-electron chi connectivity index (χ3n) is 7.61. The highest BCUT2D eigenvalue weighted by Gasteiger charge is 2.23. The number of hydrogen-bond donors (Lipinski definition) is 2. The van der Waals surface area contributed by atoms with E-state index in [1.54, 1.807) is 0 Å². The molecule has 4 unspecified atom stereocenters. The van der Waals surface area contributed by atoms with Crippen molar-refractivity contribution in [2.45, 2.75) is 90.1 Å². The van der Waals surface area contributed by atoms with E-state index < -0.39 is 0 Å². The van der Waals surface area contributed by atoms with Crippen molar-refractivity contribution in [1.82, 2.24) is 10.6 Å². The van der Waals surface area contributed by atoms with Crippen molar-refractivity contribution in [1.29, 1.82) is 0 Å². The number of amides is 2. The summed E-state index contributed by atoms with van der Waals surface area (Å²) in [5, 5.41) is 8.73. The third kappa shape index (κ3) is 5.90. The summed E-state index contributed by atoms with van der Waals surface area (Å²) in [6.07, 6.45) is 10.4. The van der Waals surface area contributed by atoms with Gasteiger partial charge in [-0.3, -0.25) is 9.59 Å². The van der Waals surface area contributed by atoms with E-state index in [0.717, 1.165) is 34.7 Å². The molecule has 172 valence electrons. The summed E-state index contributed by atoms with van der Waals surface area (Å²) in [4.78, 5) is 25.1. The summed E-state index contributed by atoms with van der Waals surface area (Å²) in [6.45, 7) is 4.49. The average Bonchev–Trinajstić information content (AvgIpc) is 2.77. The second kappa shape index (κ2) is 10.5. The Hall–Kier alpha value is -2.36. The Morgan fingerprint density at radius 2 is 1.09 bits per heavy atom. The normalized spacial score (nSPS) is 25.9. The highest BCUT2D eigenvalue weighted by Crippen LogP contribution is 2.25. The van der Waals surface area contributed by atoms with Crippen molar-refractivity contribution in [3.63, 3.8) is 0 Å². The van der Waals surface area contributed by atoms with Crippen molar-refractivity contribution in [3.05, 3.63) is 47.5 Å². The molecule has 4 rings (SSSR count). The van der Waals surface area contributed by atoms with Gasteiger partial charge in [-0.1, -0.05) is 75.9 Å². The first-order valence-electron chi connectivity index (χ1n) is 12.6. The van der Waals surface area contributed by atoms with Gasteiger partial charge in [-0.05, 0) is 59.4 Å². The predicted octanol–water partition coefficient (Wildman–Crippen LogP) is 5.31. The van der Waals surface area contributed by atoms with Crippen LogP contribution in [-0.2, 0) is 22.4 Å². The van der Waals surface area contributed by atoms with Crippen LogP contribution < -0.4 is 10.6 Å². The fraction of sp³-hybridized carbons (Fsp3) is 0.571. The zero-order valence-corrected chi connectivity index (χ0v) is 19.7. The van der Waals surface area contributed by atoms with Gasteiger partial charge in [0.05, 0.1) is 12.8 Å². The Morgan fingerprint density at radius 1 is 0.688 bits per heavy atom. The van der Waals surface area contributed by atoms with Crippen LogP contribution in [0.3, 0.4) is 0 Å². The molecule has 0 spiro atoms. The van der Waals surface area contributed by atoms with Crippen molar-refractivity contribution < 1.29 is 9.59 Å². The van der Waals surface area contributed by atoms with Crippen LogP contribution in [0.25, 0.3) is 10.8 Å². The molecule has 2 aromatic rings. The lowest BCUT2D eigenvalue weighted by atomic mass is 9.86. The van der Waals surface area contributed by atoms with Gasteiger partial charge in [0.2, 0.25) is 11.8 Å². The van der Waals surface area contributed by atoms with E-state index in [2.05, 4.69) is 48.7 Å². The molecule has 4 atom stereocenters. The molecule has 2 saturated carbocycles. The molecule has 0 aromatic heterocycles. The lowest BCUT2D eigenvalue weighted by molar-refractivity contribution is -0.122. The number of carbonyl (C=O) groups is 2. The van der Waals surface area contributed by atoms with E-state index in [0.29, 0.717) is 36.8 Å². The number of hydrogen-bond acceptors (Lipinski definition) is 2. The van der Waals surface area contributed by atoms with Gasteiger partial charge in [0, 0.05) is 12.1 Å². The molecule has 0 bridgehead atoms. The Kier molecular flexibility index (Phi) is 7.49. The van der Waals surface area contributed by atoms with Crippen LogP contribution in [0.5, 0.6) is 0 Å². The molecular formula is C28H38N2O2. The number of nitrogens with one attached hydrogen (secondary N) is 2. The fourth-order valence-electron chi connectivity index (χ4n) is 5.51. The quantitative estimate of drug-likeness (QED) is 0.647. The zero-order chi connectivity index (χ0) is 22.5. The molecule has 2 aliphatic carbocycles. The standard InChI is InChI=1S/C28H38N2O2/c1-19-7-3-5-9-25(19)29-27(31)17-21-11-13-24-16-22(12-14-23(24)15-21)18-28(32)30-26-10-6-4-8-20(26)2/h11-16,19-20,25-26H,3-10,17-18H2,1-2H3,(H,29,31)(H,30,32). The fourth-order valence-corrected chi connectivity index (χ4v) is 5.51. The van der Waals surface area contributed by atoms with Gasteiger partial charge in [0.1, 0.15) is 0 Å².